The maximum absolute atomic E-state index is 12.1. The first-order valence-electron chi connectivity index (χ1n) is 6.13. The number of alkyl halides is 2. The molecule has 0 radical (unpaired) electrons. The normalized spacial score (nSPS) is 19.5. The second-order valence-corrected chi connectivity index (χ2v) is 6.48. The summed E-state index contributed by atoms with van der Waals surface area (Å²) in [7, 11) is -4.03. The monoisotopic (exact) mass is 320 g/mol. The maximum Gasteiger partial charge on any atom is 0.265 e. The third-order valence-corrected chi connectivity index (χ3v) is 4.65. The van der Waals surface area contributed by atoms with E-state index in [0.717, 1.165) is 0 Å². The number of hydrogen-bond donors (Lipinski definition) is 3. The minimum atomic E-state index is -4.03. The zero-order valence-electron chi connectivity index (χ0n) is 11.0. The van der Waals surface area contributed by atoms with Gasteiger partial charge in [0.1, 0.15) is 6.10 Å². The topological polar surface area (TPSA) is 95.5 Å². The van der Waals surface area contributed by atoms with E-state index in [-0.39, 0.29) is 10.8 Å². The van der Waals surface area contributed by atoms with Gasteiger partial charge < -0.3 is 10.4 Å². The van der Waals surface area contributed by atoms with Gasteiger partial charge >= 0.3 is 0 Å². The number of fused-ring (bicyclic) bond motifs is 1. The Balaban J connectivity index is 2.21. The minimum Gasteiger partial charge on any atom is -0.386 e. The van der Waals surface area contributed by atoms with Crippen molar-refractivity contribution in [2.75, 3.05) is 11.9 Å². The lowest BCUT2D eigenvalue weighted by Crippen LogP contribution is -2.35. The smallest absolute Gasteiger partial charge is 0.265 e. The van der Waals surface area contributed by atoms with Gasteiger partial charge in [-0.25, -0.2) is 21.9 Å². The van der Waals surface area contributed by atoms with Crippen molar-refractivity contribution in [3.05, 3.63) is 23.8 Å². The zero-order chi connectivity index (χ0) is 15.8. The molecular formula is C12H14F2N2O4S. The van der Waals surface area contributed by atoms with E-state index in [0.29, 0.717) is 11.3 Å². The van der Waals surface area contributed by atoms with Gasteiger partial charge in [0.25, 0.3) is 6.43 Å². The summed E-state index contributed by atoms with van der Waals surface area (Å²) in [5, 5.41) is 11.5. The third kappa shape index (κ3) is 3.20. The Morgan fingerprint density at radius 1 is 1.43 bits per heavy atom. The molecule has 0 spiro atoms. The van der Waals surface area contributed by atoms with Crippen molar-refractivity contribution in [2.45, 2.75) is 30.3 Å². The summed E-state index contributed by atoms with van der Waals surface area (Å²) in [5.74, 6) is -0.720. The van der Waals surface area contributed by atoms with Gasteiger partial charge in [0.2, 0.25) is 15.9 Å². The molecule has 2 rings (SSSR count). The summed E-state index contributed by atoms with van der Waals surface area (Å²) < 4.78 is 50.2. The van der Waals surface area contributed by atoms with Gasteiger partial charge in [-0.3, -0.25) is 4.79 Å². The largest absolute Gasteiger partial charge is 0.386 e. The highest BCUT2D eigenvalue weighted by Crippen LogP contribution is 2.33. The number of amides is 1. The van der Waals surface area contributed by atoms with Crippen molar-refractivity contribution in [1.29, 1.82) is 0 Å². The molecule has 0 saturated carbocycles. The number of aliphatic hydroxyl groups excluding tert-OH is 1. The number of hydrogen-bond acceptors (Lipinski definition) is 4. The number of rotatable bonds is 5. The molecule has 0 aliphatic carbocycles. The van der Waals surface area contributed by atoms with Gasteiger partial charge in [0.05, 0.1) is 10.8 Å². The van der Waals surface area contributed by atoms with Crippen LogP contribution in [0.5, 0.6) is 0 Å². The highest BCUT2D eigenvalue weighted by molar-refractivity contribution is 7.89. The lowest BCUT2D eigenvalue weighted by Gasteiger charge is -2.12. The number of nitrogens with one attached hydrogen (secondary N) is 2. The average Bonchev–Trinajstić information content (AvgIpc) is 2.71. The predicted molar refractivity (Wildman–Crippen MR) is 70.7 cm³/mol. The Labute approximate surface area is 120 Å². The van der Waals surface area contributed by atoms with Crippen LogP contribution in [0, 0.1) is 0 Å². The average molecular weight is 320 g/mol. The molecule has 1 aliphatic rings. The fourth-order valence-electron chi connectivity index (χ4n) is 1.93. The molecule has 3 N–H and O–H groups in total. The standard InChI is InChI=1S/C12H14F2N2O4S/c1-6-8-4-7(2-3-9(8)16-12(6)18)21(19,20)15-5-10(17)11(13)14/h2-4,6,10-11,15,17H,5H2,1H3,(H,16,18). The van der Waals surface area contributed by atoms with Gasteiger partial charge in [-0.2, -0.15) is 0 Å². The number of carbonyl (C=O) groups is 1. The predicted octanol–water partition coefficient (Wildman–Crippen LogP) is 0.646. The Morgan fingerprint density at radius 3 is 2.71 bits per heavy atom. The fourth-order valence-corrected chi connectivity index (χ4v) is 3.02. The quantitative estimate of drug-likeness (QED) is 0.742. The molecule has 0 bridgehead atoms. The summed E-state index contributed by atoms with van der Waals surface area (Å²) >= 11 is 0. The number of carbonyl (C=O) groups excluding carboxylic acids is 1. The molecule has 2 atom stereocenters. The van der Waals surface area contributed by atoms with Crippen molar-refractivity contribution in [3.63, 3.8) is 0 Å². The Bertz CT molecular complexity index is 663. The molecule has 1 aromatic rings. The van der Waals surface area contributed by atoms with Crippen molar-refractivity contribution in [2.24, 2.45) is 0 Å². The molecule has 0 saturated heterocycles. The summed E-state index contributed by atoms with van der Waals surface area (Å²) in [6, 6.07) is 4.01. The van der Waals surface area contributed by atoms with Crippen LogP contribution in [-0.2, 0) is 14.8 Å². The molecule has 1 aliphatic heterocycles. The van der Waals surface area contributed by atoms with Crippen LogP contribution >= 0.6 is 0 Å². The van der Waals surface area contributed by atoms with Gasteiger partial charge in [-0.1, -0.05) is 0 Å². The SMILES string of the molecule is CC1C(=O)Nc2ccc(S(=O)(=O)NCC(O)C(F)F)cc21. The molecule has 0 fully saturated rings. The van der Waals surface area contributed by atoms with Crippen LogP contribution in [0.15, 0.2) is 23.1 Å². The van der Waals surface area contributed by atoms with E-state index in [1.54, 1.807) is 6.92 Å². The van der Waals surface area contributed by atoms with E-state index in [1.165, 1.54) is 18.2 Å². The van der Waals surface area contributed by atoms with E-state index >= 15 is 0 Å². The third-order valence-electron chi connectivity index (χ3n) is 3.22. The Morgan fingerprint density at radius 2 is 2.10 bits per heavy atom. The second-order valence-electron chi connectivity index (χ2n) is 4.71. The maximum atomic E-state index is 12.1. The summed E-state index contributed by atoms with van der Waals surface area (Å²) in [6.07, 6.45) is -5.11. The van der Waals surface area contributed by atoms with Crippen LogP contribution in [0.4, 0.5) is 14.5 Å². The zero-order valence-corrected chi connectivity index (χ0v) is 11.8. The van der Waals surface area contributed by atoms with Crippen molar-refractivity contribution >= 4 is 21.6 Å². The minimum absolute atomic E-state index is 0.147. The van der Waals surface area contributed by atoms with E-state index in [1.807, 2.05) is 4.72 Å². The number of anilines is 1. The summed E-state index contributed by atoms with van der Waals surface area (Å²) in [4.78, 5) is 11.3. The van der Waals surface area contributed by atoms with E-state index in [4.69, 9.17) is 5.11 Å². The molecule has 1 aromatic carbocycles. The molecule has 0 aromatic heterocycles. The van der Waals surface area contributed by atoms with Crippen LogP contribution in [0.1, 0.15) is 18.4 Å². The lowest BCUT2D eigenvalue weighted by molar-refractivity contribution is -0.116. The summed E-state index contributed by atoms with van der Waals surface area (Å²) in [5.41, 5.74) is 1.05. The van der Waals surface area contributed by atoms with E-state index < -0.39 is 35.0 Å². The van der Waals surface area contributed by atoms with E-state index in [2.05, 4.69) is 5.32 Å². The first-order chi connectivity index (χ1) is 9.72. The van der Waals surface area contributed by atoms with E-state index in [9.17, 15) is 22.0 Å². The summed E-state index contributed by atoms with van der Waals surface area (Å²) in [6.45, 7) is 0.843. The van der Waals surface area contributed by atoms with Crippen LogP contribution in [-0.4, -0.2) is 38.5 Å². The highest BCUT2D eigenvalue weighted by atomic mass is 32.2. The first kappa shape index (κ1) is 15.8. The molecule has 6 nitrogen and oxygen atoms in total. The van der Waals surface area contributed by atoms with Crippen LogP contribution < -0.4 is 10.0 Å². The van der Waals surface area contributed by atoms with Crippen LogP contribution in [0.3, 0.4) is 0 Å². The Hall–Kier alpha value is -1.58. The lowest BCUT2D eigenvalue weighted by atomic mass is 10.0. The van der Waals surface area contributed by atoms with Crippen LogP contribution in [0.25, 0.3) is 0 Å². The molecule has 1 amide bonds. The highest BCUT2D eigenvalue weighted by Gasteiger charge is 2.28. The molecular weight excluding hydrogens is 306 g/mol. The number of sulfonamides is 1. The Kier molecular flexibility index (Phi) is 4.26. The molecule has 9 heteroatoms. The van der Waals surface area contributed by atoms with Crippen molar-refractivity contribution < 1.29 is 27.1 Å². The molecule has 21 heavy (non-hydrogen) atoms. The van der Waals surface area contributed by atoms with Crippen molar-refractivity contribution in [1.82, 2.24) is 4.72 Å². The fraction of sp³-hybridized carbons (Fsp3) is 0.417. The van der Waals surface area contributed by atoms with Crippen molar-refractivity contribution in [3.8, 4) is 0 Å². The van der Waals surface area contributed by atoms with Gasteiger partial charge in [-0.05, 0) is 30.7 Å². The van der Waals surface area contributed by atoms with Gasteiger partial charge in [0.15, 0.2) is 0 Å². The number of aliphatic hydroxyl groups is 1. The molecule has 1 heterocycles. The molecule has 2 unspecified atom stereocenters. The second kappa shape index (κ2) is 5.66. The van der Waals surface area contributed by atoms with Crippen LogP contribution in [0.2, 0.25) is 0 Å². The molecule has 116 valence electrons. The number of halogens is 2. The van der Waals surface area contributed by atoms with Gasteiger partial charge in [-0.15, -0.1) is 0 Å². The van der Waals surface area contributed by atoms with Gasteiger partial charge in [0, 0.05) is 12.2 Å². The first-order valence-corrected chi connectivity index (χ1v) is 7.61. The number of benzene rings is 1.